The highest BCUT2D eigenvalue weighted by molar-refractivity contribution is 7.50. The lowest BCUT2D eigenvalue weighted by Crippen LogP contribution is -2.24. The van der Waals surface area contributed by atoms with Gasteiger partial charge in [-0.1, -0.05) is 31.2 Å². The third kappa shape index (κ3) is 6.62. The van der Waals surface area contributed by atoms with E-state index >= 15 is 0 Å². The molecule has 1 unspecified atom stereocenters. The van der Waals surface area contributed by atoms with Crippen molar-refractivity contribution in [3.8, 4) is 5.75 Å². The minimum Gasteiger partial charge on any atom is -0.456 e. The molecule has 0 bridgehead atoms. The van der Waals surface area contributed by atoms with Crippen LogP contribution in [0.15, 0.2) is 49.3 Å². The Hall–Kier alpha value is -2.74. The van der Waals surface area contributed by atoms with Crippen molar-refractivity contribution in [3.63, 3.8) is 0 Å². The van der Waals surface area contributed by atoms with Crippen molar-refractivity contribution < 1.29 is 9.26 Å². The average molecular weight is 443 g/mol. The molecule has 31 heavy (non-hydrogen) atoms. The number of nitrogens with zero attached hydrogens (tertiary/aromatic N) is 4. The molecule has 2 atom stereocenters. The Morgan fingerprint density at radius 2 is 2.10 bits per heavy atom. The van der Waals surface area contributed by atoms with E-state index in [0.29, 0.717) is 49.1 Å². The van der Waals surface area contributed by atoms with Gasteiger partial charge in [-0.2, -0.15) is 9.97 Å². The van der Waals surface area contributed by atoms with Crippen LogP contribution in [0.4, 0.5) is 11.8 Å². The number of hydrogen-bond donors (Lipinski definition) is 3. The lowest BCUT2D eigenvalue weighted by atomic mass is 10.3. The Kier molecular flexibility index (Phi) is 8.58. The summed E-state index contributed by atoms with van der Waals surface area (Å²) in [6.45, 7) is 9.63. The maximum Gasteiger partial charge on any atom is 0.224 e. The standard InChI is InChI=1S/C21H30N7O2P/c1-4-11-23-19-18-20(26-21(22)25-19)28(14-24-18)12-13-29-15-31(27-16(3)5-2)30-17-9-7-6-8-10-17/h4,6-10,14,16,27H,1,5,11-13,15H2,2-3H3,(H3,22,23,25,26)/t16-,31?/m1/s1. The molecule has 0 saturated heterocycles. The Morgan fingerprint density at radius 3 is 2.84 bits per heavy atom. The molecule has 3 rings (SSSR count). The number of aromatic nitrogens is 4. The summed E-state index contributed by atoms with van der Waals surface area (Å²) in [5.74, 6) is 1.62. The van der Waals surface area contributed by atoms with Crippen molar-refractivity contribution in [3.05, 3.63) is 49.3 Å². The summed E-state index contributed by atoms with van der Waals surface area (Å²) in [7, 11) is -0.965. The van der Waals surface area contributed by atoms with Crippen molar-refractivity contribution in [2.45, 2.75) is 32.9 Å². The van der Waals surface area contributed by atoms with Gasteiger partial charge in [0.15, 0.2) is 25.3 Å². The SMILES string of the molecule is C=CCNc1nc(N)nc2c1ncn2CCOCP(N[C@H](C)CC)Oc1ccccc1. The molecule has 0 radical (unpaired) electrons. The highest BCUT2D eigenvalue weighted by Gasteiger charge is 2.15. The van der Waals surface area contributed by atoms with Gasteiger partial charge in [-0.3, -0.25) is 5.09 Å². The van der Waals surface area contributed by atoms with Crippen LogP contribution in [0.5, 0.6) is 5.75 Å². The summed E-state index contributed by atoms with van der Waals surface area (Å²) in [5.41, 5.74) is 7.21. The van der Waals surface area contributed by atoms with E-state index in [1.807, 2.05) is 34.9 Å². The Morgan fingerprint density at radius 1 is 1.29 bits per heavy atom. The maximum atomic E-state index is 6.12. The van der Waals surface area contributed by atoms with Crippen LogP contribution in [-0.2, 0) is 11.3 Å². The lowest BCUT2D eigenvalue weighted by molar-refractivity contribution is 0.165. The number of fused-ring (bicyclic) bond motifs is 1. The fraction of sp³-hybridized carbons (Fsp3) is 0.381. The number of nitrogen functional groups attached to an aromatic ring is 1. The second-order valence-corrected chi connectivity index (χ2v) is 8.42. The second kappa shape index (κ2) is 11.6. The zero-order chi connectivity index (χ0) is 22.1. The van der Waals surface area contributed by atoms with Crippen LogP contribution in [0.2, 0.25) is 0 Å². The van der Waals surface area contributed by atoms with Crippen LogP contribution in [-0.4, -0.2) is 45.1 Å². The van der Waals surface area contributed by atoms with Crippen LogP contribution < -0.4 is 20.7 Å². The van der Waals surface area contributed by atoms with E-state index in [1.54, 1.807) is 12.4 Å². The zero-order valence-electron chi connectivity index (χ0n) is 18.0. The van der Waals surface area contributed by atoms with E-state index in [9.17, 15) is 0 Å². The second-order valence-electron chi connectivity index (χ2n) is 6.97. The van der Waals surface area contributed by atoms with Crippen molar-refractivity contribution in [1.82, 2.24) is 24.6 Å². The van der Waals surface area contributed by atoms with Gasteiger partial charge in [0.1, 0.15) is 12.1 Å². The van der Waals surface area contributed by atoms with Crippen LogP contribution in [0, 0.1) is 0 Å². The third-order valence-corrected chi connectivity index (χ3v) is 6.09. The van der Waals surface area contributed by atoms with Crippen LogP contribution >= 0.6 is 8.30 Å². The van der Waals surface area contributed by atoms with Gasteiger partial charge in [0.2, 0.25) is 5.95 Å². The van der Waals surface area contributed by atoms with E-state index in [2.05, 4.69) is 45.8 Å². The van der Waals surface area contributed by atoms with Crippen molar-refractivity contribution in [1.29, 1.82) is 0 Å². The van der Waals surface area contributed by atoms with Crippen LogP contribution in [0.3, 0.4) is 0 Å². The van der Waals surface area contributed by atoms with Gasteiger partial charge in [0, 0.05) is 19.1 Å². The topological polar surface area (TPSA) is 112 Å². The summed E-state index contributed by atoms with van der Waals surface area (Å²) in [6.07, 6.45) is 4.96. The minimum atomic E-state index is -0.965. The number of anilines is 2. The molecule has 0 fully saturated rings. The fourth-order valence-electron chi connectivity index (χ4n) is 2.76. The van der Waals surface area contributed by atoms with Gasteiger partial charge in [-0.15, -0.1) is 6.58 Å². The number of nitrogens with one attached hydrogen (secondary N) is 2. The first-order chi connectivity index (χ1) is 15.1. The Balaban J connectivity index is 1.59. The summed E-state index contributed by atoms with van der Waals surface area (Å²) in [4.78, 5) is 13.0. The van der Waals surface area contributed by atoms with E-state index in [-0.39, 0.29) is 5.95 Å². The molecule has 0 aliphatic rings. The molecule has 10 heteroatoms. The molecular weight excluding hydrogens is 413 g/mol. The third-order valence-electron chi connectivity index (χ3n) is 4.52. The number of imidazole rings is 1. The van der Waals surface area contributed by atoms with Gasteiger partial charge in [0.25, 0.3) is 0 Å². The molecule has 2 aromatic heterocycles. The molecule has 0 saturated carbocycles. The summed E-state index contributed by atoms with van der Waals surface area (Å²) >= 11 is 0. The van der Waals surface area contributed by atoms with Gasteiger partial charge in [-0.05, 0) is 25.5 Å². The lowest BCUT2D eigenvalue weighted by Gasteiger charge is -2.22. The molecule has 0 aliphatic heterocycles. The Bertz CT molecular complexity index is 967. The van der Waals surface area contributed by atoms with Gasteiger partial charge >= 0.3 is 0 Å². The van der Waals surface area contributed by atoms with Crippen molar-refractivity contribution in [2.24, 2.45) is 0 Å². The number of nitrogens with two attached hydrogens (primary N) is 1. The van der Waals surface area contributed by atoms with E-state index < -0.39 is 8.30 Å². The van der Waals surface area contributed by atoms with E-state index in [4.69, 9.17) is 15.0 Å². The normalized spacial score (nSPS) is 13.1. The molecule has 2 heterocycles. The quantitative estimate of drug-likeness (QED) is 0.208. The number of benzene rings is 1. The number of rotatable bonds is 13. The molecule has 0 amide bonds. The summed E-state index contributed by atoms with van der Waals surface area (Å²) in [5, 5.41) is 6.66. The maximum absolute atomic E-state index is 6.12. The highest BCUT2D eigenvalue weighted by atomic mass is 31.2. The smallest absolute Gasteiger partial charge is 0.224 e. The van der Waals surface area contributed by atoms with Crippen molar-refractivity contribution in [2.75, 3.05) is 30.6 Å². The molecule has 1 aromatic carbocycles. The molecule has 0 spiro atoms. The van der Waals surface area contributed by atoms with Gasteiger partial charge in [0.05, 0.1) is 12.9 Å². The first kappa shape index (κ1) is 22.9. The number of ether oxygens (including phenoxy) is 1. The number of hydrogen-bond acceptors (Lipinski definition) is 8. The molecule has 166 valence electrons. The first-order valence-corrected chi connectivity index (χ1v) is 11.7. The first-order valence-electron chi connectivity index (χ1n) is 10.3. The molecular formula is C21H30N7O2P. The summed E-state index contributed by atoms with van der Waals surface area (Å²) in [6, 6.07) is 10.1. The van der Waals surface area contributed by atoms with Crippen LogP contribution in [0.25, 0.3) is 11.2 Å². The predicted molar refractivity (Wildman–Crippen MR) is 126 cm³/mol. The van der Waals surface area contributed by atoms with Gasteiger partial charge in [-0.25, -0.2) is 4.98 Å². The van der Waals surface area contributed by atoms with Gasteiger partial charge < -0.3 is 24.9 Å². The largest absolute Gasteiger partial charge is 0.456 e. The molecule has 3 aromatic rings. The predicted octanol–water partition coefficient (Wildman–Crippen LogP) is 3.76. The minimum absolute atomic E-state index is 0.194. The molecule has 0 aliphatic carbocycles. The Labute approximate surface area is 184 Å². The summed E-state index contributed by atoms with van der Waals surface area (Å²) < 4.78 is 14.0. The average Bonchev–Trinajstić information content (AvgIpc) is 3.18. The monoisotopic (exact) mass is 443 g/mol. The highest BCUT2D eigenvalue weighted by Crippen LogP contribution is 2.35. The van der Waals surface area contributed by atoms with Crippen molar-refractivity contribution >= 4 is 31.2 Å². The number of para-hydroxylation sites is 1. The van der Waals surface area contributed by atoms with Crippen LogP contribution in [0.1, 0.15) is 20.3 Å². The molecule has 9 nitrogen and oxygen atoms in total. The fourth-order valence-corrected chi connectivity index (χ4v) is 4.29. The molecule has 4 N–H and O–H groups in total. The van der Waals surface area contributed by atoms with E-state index in [0.717, 1.165) is 12.2 Å². The zero-order valence-corrected chi connectivity index (χ0v) is 18.9. The van der Waals surface area contributed by atoms with E-state index in [1.165, 1.54) is 0 Å².